The second kappa shape index (κ2) is 13.0. The second-order valence-corrected chi connectivity index (χ2v) is 15.6. The van der Waals surface area contributed by atoms with Crippen LogP contribution in [0.15, 0.2) is 34.7 Å². The fourth-order valence-electron chi connectivity index (χ4n) is 3.80. The third kappa shape index (κ3) is 7.73. The van der Waals surface area contributed by atoms with Gasteiger partial charge in [-0.2, -0.15) is 9.97 Å². The first-order valence-corrected chi connectivity index (χ1v) is 16.6. The number of carbonyl (C=O) groups excluding carboxylic acids is 1. The summed E-state index contributed by atoms with van der Waals surface area (Å²) >= 11 is 0. The number of nitrogens with one attached hydrogen (secondary N) is 2. The molecule has 2 heterocycles. The van der Waals surface area contributed by atoms with Gasteiger partial charge in [-0.05, 0) is 31.5 Å². The summed E-state index contributed by atoms with van der Waals surface area (Å²) in [5.74, 6) is 1.28. The highest BCUT2D eigenvalue weighted by Crippen LogP contribution is 2.34. The number of amides is 1. The van der Waals surface area contributed by atoms with Crippen molar-refractivity contribution in [2.45, 2.75) is 53.4 Å². The molecule has 0 fully saturated rings. The number of likely N-dealkylation sites (N-methyl/N-ethyl adjacent to an activating group) is 1. The van der Waals surface area contributed by atoms with Gasteiger partial charge in [0.05, 0.1) is 22.3 Å². The molecule has 212 valence electrons. The summed E-state index contributed by atoms with van der Waals surface area (Å²) < 4.78 is 22.7. The molecular weight excluding hydrogens is 514 g/mol. The third-order valence-corrected chi connectivity index (χ3v) is 8.17. The number of carbonyl (C=O) groups is 1. The van der Waals surface area contributed by atoms with Crippen LogP contribution in [-0.4, -0.2) is 63.8 Å². The lowest BCUT2D eigenvalue weighted by Gasteiger charge is -2.23. The molecule has 0 bridgehead atoms. The number of nitrogens with zero attached hydrogens (tertiary/aromatic N) is 3. The van der Waals surface area contributed by atoms with E-state index in [0.29, 0.717) is 30.8 Å². The molecule has 1 aromatic carbocycles. The van der Waals surface area contributed by atoms with E-state index in [2.05, 4.69) is 66.2 Å². The number of hydrogen-bond acceptors (Lipinski definition) is 9. The van der Waals surface area contributed by atoms with E-state index in [4.69, 9.17) is 18.6 Å². The van der Waals surface area contributed by atoms with Gasteiger partial charge < -0.3 is 34.2 Å². The Kier molecular flexibility index (Phi) is 9.98. The summed E-state index contributed by atoms with van der Waals surface area (Å²) in [7, 11) is 1.44. The number of hydrogen-bond donors (Lipinski definition) is 2. The van der Waals surface area contributed by atoms with E-state index >= 15 is 0 Å². The van der Waals surface area contributed by atoms with Crippen LogP contribution >= 0.6 is 0 Å². The van der Waals surface area contributed by atoms with E-state index in [1.165, 1.54) is 19.4 Å². The first kappa shape index (κ1) is 30.0. The number of methoxy groups -OCH3 is 2. The quantitative estimate of drug-likeness (QED) is 0.287. The number of furan rings is 1. The molecule has 3 aromatic rings. The van der Waals surface area contributed by atoms with Crippen molar-refractivity contribution < 1.29 is 23.4 Å². The number of aryl methyl sites for hydroxylation is 1. The SMILES string of the molecule is CCN(CCNC(C)C)c1nc(OC)c(NC(=O)c2ccc(Oc3cc([Si](C)(C)C)ccc3C)o2)c(OC)n1. The number of rotatable bonds is 13. The maximum atomic E-state index is 13.1. The largest absolute Gasteiger partial charge is 0.479 e. The van der Waals surface area contributed by atoms with Crippen molar-refractivity contribution in [1.29, 1.82) is 0 Å². The van der Waals surface area contributed by atoms with Crippen LogP contribution in [0.2, 0.25) is 19.6 Å². The van der Waals surface area contributed by atoms with Gasteiger partial charge in [0.25, 0.3) is 11.9 Å². The van der Waals surface area contributed by atoms with Crippen molar-refractivity contribution in [1.82, 2.24) is 15.3 Å². The Bertz CT molecular complexity index is 1250. The number of aromatic nitrogens is 2. The number of anilines is 2. The molecule has 0 aliphatic carbocycles. The van der Waals surface area contributed by atoms with Crippen LogP contribution in [0.5, 0.6) is 23.5 Å². The van der Waals surface area contributed by atoms with Crippen LogP contribution in [0.3, 0.4) is 0 Å². The van der Waals surface area contributed by atoms with E-state index < -0.39 is 14.0 Å². The topological polar surface area (TPSA) is 111 Å². The zero-order chi connectivity index (χ0) is 28.7. The Morgan fingerprint density at radius 1 is 1.08 bits per heavy atom. The van der Waals surface area contributed by atoms with E-state index in [-0.39, 0.29) is 29.2 Å². The van der Waals surface area contributed by atoms with Gasteiger partial charge in [0.2, 0.25) is 17.7 Å². The molecule has 11 heteroatoms. The summed E-state index contributed by atoms with van der Waals surface area (Å²) in [6.07, 6.45) is 0. The van der Waals surface area contributed by atoms with Crippen LogP contribution in [0.1, 0.15) is 36.9 Å². The van der Waals surface area contributed by atoms with Crippen LogP contribution in [0, 0.1) is 6.92 Å². The standard InChI is InChI=1S/C28H41N5O5Si/c1-10-33(16-15-29-18(2)3)28-31-26(35-5)24(27(32-28)36-6)30-25(34)21-13-14-23(37-21)38-22-17-20(39(7,8)9)12-11-19(22)4/h11-14,17-18,29H,10,15-16H2,1-9H3,(H,30,34). The molecular formula is C28H41N5O5Si. The summed E-state index contributed by atoms with van der Waals surface area (Å²) in [6.45, 7) is 17.2. The zero-order valence-electron chi connectivity index (χ0n) is 24.5. The first-order chi connectivity index (χ1) is 18.5. The van der Waals surface area contributed by atoms with Crippen LogP contribution < -0.4 is 34.9 Å². The summed E-state index contributed by atoms with van der Waals surface area (Å²) in [5, 5.41) is 7.43. The Morgan fingerprint density at radius 3 is 2.31 bits per heavy atom. The van der Waals surface area contributed by atoms with Gasteiger partial charge in [-0.3, -0.25) is 4.79 Å². The molecule has 0 aliphatic heterocycles. The molecule has 2 aromatic heterocycles. The van der Waals surface area contributed by atoms with Crippen molar-refractivity contribution in [2.24, 2.45) is 0 Å². The third-order valence-electron chi connectivity index (χ3n) is 6.12. The van der Waals surface area contributed by atoms with E-state index in [0.717, 1.165) is 12.1 Å². The molecule has 0 spiro atoms. The van der Waals surface area contributed by atoms with Gasteiger partial charge in [0.15, 0.2) is 11.4 Å². The van der Waals surface area contributed by atoms with Gasteiger partial charge in [-0.25, -0.2) is 0 Å². The maximum Gasteiger partial charge on any atom is 0.291 e. The van der Waals surface area contributed by atoms with E-state index in [1.807, 2.05) is 24.8 Å². The highest BCUT2D eigenvalue weighted by Gasteiger charge is 2.23. The van der Waals surface area contributed by atoms with Gasteiger partial charge in [-0.1, -0.05) is 50.8 Å². The molecule has 0 aliphatic rings. The molecule has 1 amide bonds. The van der Waals surface area contributed by atoms with Gasteiger partial charge in [-0.15, -0.1) is 0 Å². The van der Waals surface area contributed by atoms with Crippen molar-refractivity contribution in [3.8, 4) is 23.5 Å². The normalized spacial score (nSPS) is 11.4. The highest BCUT2D eigenvalue weighted by atomic mass is 28.3. The Hall–Kier alpha value is -3.57. The highest BCUT2D eigenvalue weighted by molar-refractivity contribution is 6.88. The van der Waals surface area contributed by atoms with Crippen LogP contribution in [0.4, 0.5) is 11.6 Å². The predicted molar refractivity (Wildman–Crippen MR) is 157 cm³/mol. The maximum absolute atomic E-state index is 13.1. The molecule has 0 radical (unpaired) electrons. The van der Waals surface area contributed by atoms with Gasteiger partial charge in [0, 0.05) is 31.7 Å². The lowest BCUT2D eigenvalue weighted by atomic mass is 10.2. The van der Waals surface area contributed by atoms with Gasteiger partial charge in [0.1, 0.15) is 5.75 Å². The summed E-state index contributed by atoms with van der Waals surface area (Å²) in [5.41, 5.74) is 1.19. The minimum Gasteiger partial charge on any atom is -0.479 e. The van der Waals surface area contributed by atoms with Crippen molar-refractivity contribution in [2.75, 3.05) is 44.1 Å². The summed E-state index contributed by atoms with van der Waals surface area (Å²) in [4.78, 5) is 24.2. The Balaban J connectivity index is 1.80. The average Bonchev–Trinajstić information content (AvgIpc) is 3.36. The van der Waals surface area contributed by atoms with E-state index in [1.54, 1.807) is 12.1 Å². The smallest absolute Gasteiger partial charge is 0.291 e. The van der Waals surface area contributed by atoms with Crippen LogP contribution in [0.25, 0.3) is 0 Å². The molecule has 10 nitrogen and oxygen atoms in total. The average molecular weight is 556 g/mol. The van der Waals surface area contributed by atoms with Crippen LogP contribution in [-0.2, 0) is 0 Å². The molecule has 39 heavy (non-hydrogen) atoms. The minimum absolute atomic E-state index is 0.0622. The number of ether oxygens (including phenoxy) is 3. The predicted octanol–water partition coefficient (Wildman–Crippen LogP) is 4.81. The molecule has 0 atom stereocenters. The van der Waals surface area contributed by atoms with Gasteiger partial charge >= 0.3 is 0 Å². The van der Waals surface area contributed by atoms with Crippen molar-refractivity contribution in [3.63, 3.8) is 0 Å². The van der Waals surface area contributed by atoms with E-state index in [9.17, 15) is 4.79 Å². The molecule has 3 rings (SSSR count). The first-order valence-electron chi connectivity index (χ1n) is 13.1. The lowest BCUT2D eigenvalue weighted by molar-refractivity contribution is 0.0990. The molecule has 0 unspecified atom stereocenters. The second-order valence-electron chi connectivity index (χ2n) is 10.5. The van der Waals surface area contributed by atoms with Crippen molar-refractivity contribution in [3.05, 3.63) is 41.7 Å². The monoisotopic (exact) mass is 555 g/mol. The Morgan fingerprint density at radius 2 is 1.74 bits per heavy atom. The minimum atomic E-state index is -1.52. The fourth-order valence-corrected chi connectivity index (χ4v) is 4.95. The fraction of sp³-hybridized carbons (Fsp3) is 0.464. The molecule has 2 N–H and O–H groups in total. The molecule has 0 saturated heterocycles. The summed E-state index contributed by atoms with van der Waals surface area (Å²) in [6, 6.07) is 9.79. The zero-order valence-corrected chi connectivity index (χ0v) is 25.5. The molecule has 0 saturated carbocycles. The lowest BCUT2D eigenvalue weighted by Crippen LogP contribution is -2.37. The number of benzene rings is 1. The Labute approximate surface area is 232 Å². The van der Waals surface area contributed by atoms with Crippen molar-refractivity contribution >= 4 is 30.8 Å².